The van der Waals surface area contributed by atoms with Crippen molar-refractivity contribution in [1.82, 2.24) is 15.2 Å². The number of hydrogen-bond acceptors (Lipinski definition) is 3. The number of rotatable bonds is 4. The van der Waals surface area contributed by atoms with Crippen LogP contribution in [0.1, 0.15) is 29.7 Å². The molecule has 1 heterocycles. The highest BCUT2D eigenvalue weighted by Crippen LogP contribution is 2.24. The van der Waals surface area contributed by atoms with E-state index in [1.165, 1.54) is 12.1 Å². The van der Waals surface area contributed by atoms with Crippen LogP contribution < -0.4 is 11.3 Å². The Labute approximate surface area is 106 Å². The fourth-order valence-corrected chi connectivity index (χ4v) is 2.03. The quantitative estimate of drug-likeness (QED) is 0.642. The monoisotopic (exact) mass is 248 g/mol. The Bertz CT molecular complexity index is 536. The Hall–Kier alpha value is -1.72. The van der Waals surface area contributed by atoms with Crippen LogP contribution in [-0.2, 0) is 6.54 Å². The van der Waals surface area contributed by atoms with Gasteiger partial charge in [-0.05, 0) is 37.1 Å². The van der Waals surface area contributed by atoms with Crippen molar-refractivity contribution in [3.63, 3.8) is 0 Å². The summed E-state index contributed by atoms with van der Waals surface area (Å²) in [4.78, 5) is 0. The molecule has 4 nitrogen and oxygen atoms in total. The average molecular weight is 248 g/mol. The third kappa shape index (κ3) is 2.42. The third-order valence-electron chi connectivity index (χ3n) is 3.02. The Kier molecular flexibility index (Phi) is 3.74. The average Bonchev–Trinajstić information content (AvgIpc) is 2.81. The minimum Gasteiger partial charge on any atom is -0.273 e. The van der Waals surface area contributed by atoms with E-state index in [0.29, 0.717) is 0 Å². The first-order valence-corrected chi connectivity index (χ1v) is 5.90. The summed E-state index contributed by atoms with van der Waals surface area (Å²) in [5.74, 6) is 5.37. The molecular weight excluding hydrogens is 231 g/mol. The van der Waals surface area contributed by atoms with Gasteiger partial charge in [-0.25, -0.2) is 9.82 Å². The number of nitrogens with one attached hydrogen (secondary N) is 1. The van der Waals surface area contributed by atoms with Crippen LogP contribution in [0.3, 0.4) is 0 Å². The van der Waals surface area contributed by atoms with Gasteiger partial charge in [-0.3, -0.25) is 10.5 Å². The second kappa shape index (κ2) is 5.29. The molecule has 0 bridgehead atoms. The Morgan fingerprint density at radius 1 is 1.50 bits per heavy atom. The molecule has 0 aliphatic heterocycles. The summed E-state index contributed by atoms with van der Waals surface area (Å²) in [5.41, 5.74) is 5.54. The van der Waals surface area contributed by atoms with Gasteiger partial charge in [0, 0.05) is 18.3 Å². The van der Waals surface area contributed by atoms with Gasteiger partial charge in [-0.15, -0.1) is 0 Å². The van der Waals surface area contributed by atoms with Crippen molar-refractivity contribution in [1.29, 1.82) is 0 Å². The van der Waals surface area contributed by atoms with Gasteiger partial charge in [0.2, 0.25) is 0 Å². The number of aromatic nitrogens is 2. The zero-order chi connectivity index (χ0) is 13.1. The van der Waals surface area contributed by atoms with E-state index >= 15 is 0 Å². The zero-order valence-corrected chi connectivity index (χ0v) is 10.5. The van der Waals surface area contributed by atoms with E-state index in [4.69, 9.17) is 5.84 Å². The summed E-state index contributed by atoms with van der Waals surface area (Å²) in [7, 11) is 0. The lowest BCUT2D eigenvalue weighted by Crippen LogP contribution is -2.29. The zero-order valence-electron chi connectivity index (χ0n) is 10.5. The van der Waals surface area contributed by atoms with Gasteiger partial charge in [0.25, 0.3) is 0 Å². The molecule has 18 heavy (non-hydrogen) atoms. The first kappa shape index (κ1) is 12.7. The molecule has 0 aliphatic carbocycles. The molecule has 0 saturated heterocycles. The van der Waals surface area contributed by atoms with Gasteiger partial charge in [0.15, 0.2) is 0 Å². The van der Waals surface area contributed by atoms with Crippen LogP contribution in [0.4, 0.5) is 4.39 Å². The van der Waals surface area contributed by atoms with Crippen molar-refractivity contribution >= 4 is 0 Å². The maximum atomic E-state index is 13.1. The largest absolute Gasteiger partial charge is 0.273 e. The van der Waals surface area contributed by atoms with Crippen LogP contribution in [0.2, 0.25) is 0 Å². The van der Waals surface area contributed by atoms with Crippen molar-refractivity contribution < 1.29 is 4.39 Å². The van der Waals surface area contributed by atoms with Gasteiger partial charge < -0.3 is 0 Å². The van der Waals surface area contributed by atoms with Crippen molar-refractivity contribution in [3.8, 4) is 0 Å². The van der Waals surface area contributed by atoms with E-state index in [1.807, 2.05) is 24.7 Å². The molecule has 3 N–H and O–H groups in total. The first-order chi connectivity index (χ1) is 8.65. The number of hydrogen-bond donors (Lipinski definition) is 2. The predicted molar refractivity (Wildman–Crippen MR) is 68.2 cm³/mol. The highest BCUT2D eigenvalue weighted by atomic mass is 19.1. The molecule has 5 heteroatoms. The molecule has 2 aromatic rings. The molecule has 1 atom stereocenters. The molecule has 1 aromatic heterocycles. The lowest BCUT2D eigenvalue weighted by molar-refractivity contribution is 0.610. The van der Waals surface area contributed by atoms with Gasteiger partial charge in [0.05, 0.1) is 12.2 Å². The first-order valence-electron chi connectivity index (χ1n) is 5.90. The summed E-state index contributed by atoms with van der Waals surface area (Å²) in [6, 6.07) is 4.52. The van der Waals surface area contributed by atoms with Crippen LogP contribution in [0.25, 0.3) is 0 Å². The lowest BCUT2D eigenvalue weighted by atomic mass is 9.97. The molecule has 1 unspecified atom stereocenters. The standard InChI is InChI=1S/C13H17FN4/c1-3-18-8-10(7-16-18)13(17-15)12-5-4-11(14)6-9(12)2/h4-8,13,17H,3,15H2,1-2H3. The number of nitrogens with two attached hydrogens (primary N) is 1. The van der Waals surface area contributed by atoms with Gasteiger partial charge >= 0.3 is 0 Å². The number of aryl methyl sites for hydroxylation is 2. The highest BCUT2D eigenvalue weighted by Gasteiger charge is 2.16. The van der Waals surface area contributed by atoms with Gasteiger partial charge in [-0.1, -0.05) is 6.07 Å². The summed E-state index contributed by atoms with van der Waals surface area (Å²) in [5, 5.41) is 4.22. The fraction of sp³-hybridized carbons (Fsp3) is 0.308. The molecule has 0 spiro atoms. The van der Waals surface area contributed by atoms with Crippen LogP contribution in [0.15, 0.2) is 30.6 Å². The lowest BCUT2D eigenvalue weighted by Gasteiger charge is -2.17. The van der Waals surface area contributed by atoms with E-state index in [0.717, 1.165) is 23.2 Å². The predicted octanol–water partition coefficient (Wildman–Crippen LogP) is 1.90. The maximum Gasteiger partial charge on any atom is 0.123 e. The summed E-state index contributed by atoms with van der Waals surface area (Å²) < 4.78 is 14.9. The molecule has 1 aromatic carbocycles. The van der Waals surface area contributed by atoms with Crippen LogP contribution in [0, 0.1) is 12.7 Å². The second-order valence-electron chi connectivity index (χ2n) is 4.23. The van der Waals surface area contributed by atoms with Crippen molar-refractivity contribution in [3.05, 3.63) is 53.1 Å². The van der Waals surface area contributed by atoms with Crippen molar-refractivity contribution in [2.75, 3.05) is 0 Å². The molecule has 0 amide bonds. The topological polar surface area (TPSA) is 55.9 Å². The van der Waals surface area contributed by atoms with E-state index in [-0.39, 0.29) is 11.9 Å². The van der Waals surface area contributed by atoms with E-state index < -0.39 is 0 Å². The molecule has 0 aliphatic rings. The molecule has 0 saturated carbocycles. The number of hydrazine groups is 1. The van der Waals surface area contributed by atoms with Gasteiger partial charge in [-0.2, -0.15) is 5.10 Å². The number of benzene rings is 1. The Morgan fingerprint density at radius 3 is 2.83 bits per heavy atom. The number of halogens is 1. The smallest absolute Gasteiger partial charge is 0.123 e. The van der Waals surface area contributed by atoms with Crippen molar-refractivity contribution in [2.24, 2.45) is 5.84 Å². The third-order valence-corrected chi connectivity index (χ3v) is 3.02. The van der Waals surface area contributed by atoms with Crippen LogP contribution in [-0.4, -0.2) is 9.78 Å². The molecule has 0 radical (unpaired) electrons. The fourth-order valence-electron chi connectivity index (χ4n) is 2.03. The number of nitrogens with zero attached hydrogens (tertiary/aromatic N) is 2. The van der Waals surface area contributed by atoms with E-state index in [1.54, 1.807) is 12.3 Å². The minimum absolute atomic E-state index is 0.175. The molecule has 0 fully saturated rings. The summed E-state index contributed by atoms with van der Waals surface area (Å²) in [6.07, 6.45) is 3.71. The summed E-state index contributed by atoms with van der Waals surface area (Å²) in [6.45, 7) is 4.69. The van der Waals surface area contributed by atoms with Gasteiger partial charge in [0.1, 0.15) is 5.82 Å². The maximum absolute atomic E-state index is 13.1. The molecular formula is C13H17FN4. The molecule has 2 rings (SSSR count). The molecule has 96 valence electrons. The van der Waals surface area contributed by atoms with Crippen LogP contribution >= 0.6 is 0 Å². The second-order valence-corrected chi connectivity index (χ2v) is 4.23. The normalized spacial score (nSPS) is 12.7. The highest BCUT2D eigenvalue weighted by molar-refractivity contribution is 5.35. The van der Waals surface area contributed by atoms with Crippen LogP contribution in [0.5, 0.6) is 0 Å². The summed E-state index contributed by atoms with van der Waals surface area (Å²) >= 11 is 0. The Balaban J connectivity index is 2.38. The Morgan fingerprint density at radius 2 is 2.28 bits per heavy atom. The SMILES string of the molecule is CCn1cc(C(NN)c2ccc(F)cc2C)cn1. The van der Waals surface area contributed by atoms with E-state index in [9.17, 15) is 4.39 Å². The minimum atomic E-state index is -0.240. The van der Waals surface area contributed by atoms with E-state index in [2.05, 4.69) is 10.5 Å². The van der Waals surface area contributed by atoms with Crippen molar-refractivity contribution in [2.45, 2.75) is 26.4 Å².